The van der Waals surface area contributed by atoms with Crippen LogP contribution in [0.3, 0.4) is 0 Å². The lowest BCUT2D eigenvalue weighted by molar-refractivity contribution is -0.116. The number of benzene rings is 2. The van der Waals surface area contributed by atoms with Crippen LogP contribution in [0.25, 0.3) is 6.08 Å². The molecule has 0 saturated heterocycles. The van der Waals surface area contributed by atoms with Crippen LogP contribution in [0, 0.1) is 0 Å². The molecule has 2 aromatic carbocycles. The first-order valence-corrected chi connectivity index (χ1v) is 8.00. The Kier molecular flexibility index (Phi) is 7.13. The highest BCUT2D eigenvalue weighted by Gasteiger charge is 1.97. The minimum atomic E-state index is -0.153. The summed E-state index contributed by atoms with van der Waals surface area (Å²) < 4.78 is 5.40. The molecule has 3 N–H and O–H groups in total. The van der Waals surface area contributed by atoms with Gasteiger partial charge >= 0.3 is 0 Å². The molecule has 0 aliphatic heterocycles. The molecule has 130 valence electrons. The number of amides is 1. The van der Waals surface area contributed by atoms with E-state index in [1.807, 2.05) is 24.3 Å². The summed E-state index contributed by atoms with van der Waals surface area (Å²) in [6, 6.07) is 14.2. The van der Waals surface area contributed by atoms with Gasteiger partial charge in [-0.3, -0.25) is 4.79 Å². The largest absolute Gasteiger partial charge is 0.508 e. The number of phenolic OH excluding ortho intramolecular Hbond substituents is 1. The zero-order valence-electron chi connectivity index (χ0n) is 13.9. The van der Waals surface area contributed by atoms with Crippen LogP contribution in [-0.4, -0.2) is 30.7 Å². The van der Waals surface area contributed by atoms with Crippen LogP contribution in [0.1, 0.15) is 5.56 Å². The molecule has 0 spiro atoms. The highest BCUT2D eigenvalue weighted by molar-refractivity contribution is 5.91. The standard InChI is InChI=1S/C20H22N2O3/c1-2-15-25-19-10-3-16(4-11-19)5-12-20(24)22-14-13-21-17-6-8-18(23)9-7-17/h2-12,21,23H,1,13-15H2,(H,22,24)/b12-5+. The van der Waals surface area contributed by atoms with Crippen LogP contribution < -0.4 is 15.4 Å². The van der Waals surface area contributed by atoms with Crippen molar-refractivity contribution in [3.63, 3.8) is 0 Å². The Bertz CT molecular complexity index is 707. The molecular formula is C20H22N2O3. The number of hydrogen-bond acceptors (Lipinski definition) is 4. The minimum absolute atomic E-state index is 0.153. The Hall–Kier alpha value is -3.21. The Morgan fingerprint density at radius 1 is 1.08 bits per heavy atom. The fourth-order valence-corrected chi connectivity index (χ4v) is 2.03. The van der Waals surface area contributed by atoms with Crippen molar-refractivity contribution < 1.29 is 14.6 Å². The van der Waals surface area contributed by atoms with E-state index in [1.165, 1.54) is 6.08 Å². The van der Waals surface area contributed by atoms with Crippen LogP contribution in [0.2, 0.25) is 0 Å². The number of nitrogens with one attached hydrogen (secondary N) is 2. The van der Waals surface area contributed by atoms with E-state index in [1.54, 1.807) is 36.4 Å². The SMILES string of the molecule is C=CCOc1ccc(/C=C/C(=O)NCCNc2ccc(O)cc2)cc1. The van der Waals surface area contributed by atoms with Gasteiger partial charge in [0.05, 0.1) is 0 Å². The van der Waals surface area contributed by atoms with Gasteiger partial charge in [0, 0.05) is 24.9 Å². The molecule has 1 amide bonds. The smallest absolute Gasteiger partial charge is 0.244 e. The zero-order chi connectivity index (χ0) is 17.9. The number of ether oxygens (including phenoxy) is 1. The lowest BCUT2D eigenvalue weighted by Gasteiger charge is -2.06. The van der Waals surface area contributed by atoms with E-state index in [0.717, 1.165) is 17.0 Å². The molecular weight excluding hydrogens is 316 g/mol. The molecule has 0 atom stereocenters. The first-order chi connectivity index (χ1) is 12.2. The van der Waals surface area contributed by atoms with Gasteiger partial charge < -0.3 is 20.5 Å². The first-order valence-electron chi connectivity index (χ1n) is 8.00. The normalized spacial score (nSPS) is 10.4. The van der Waals surface area contributed by atoms with Crippen LogP contribution >= 0.6 is 0 Å². The monoisotopic (exact) mass is 338 g/mol. The van der Waals surface area contributed by atoms with Gasteiger partial charge in [0.15, 0.2) is 0 Å². The second-order valence-corrected chi connectivity index (χ2v) is 5.27. The Morgan fingerprint density at radius 3 is 2.48 bits per heavy atom. The van der Waals surface area contributed by atoms with Gasteiger partial charge in [-0.25, -0.2) is 0 Å². The fourth-order valence-electron chi connectivity index (χ4n) is 2.03. The van der Waals surface area contributed by atoms with E-state index in [9.17, 15) is 9.90 Å². The van der Waals surface area contributed by atoms with Crippen molar-refractivity contribution in [2.75, 3.05) is 25.0 Å². The molecule has 0 aliphatic carbocycles. The maximum atomic E-state index is 11.8. The van der Waals surface area contributed by atoms with E-state index >= 15 is 0 Å². The van der Waals surface area contributed by atoms with E-state index < -0.39 is 0 Å². The van der Waals surface area contributed by atoms with Gasteiger partial charge in [-0.1, -0.05) is 24.8 Å². The molecule has 5 nitrogen and oxygen atoms in total. The van der Waals surface area contributed by atoms with Gasteiger partial charge in [0.1, 0.15) is 18.1 Å². The molecule has 0 aliphatic rings. The van der Waals surface area contributed by atoms with Gasteiger partial charge in [0.25, 0.3) is 0 Å². The van der Waals surface area contributed by atoms with Crippen LogP contribution in [-0.2, 0) is 4.79 Å². The van der Waals surface area contributed by atoms with Crippen molar-refractivity contribution in [1.29, 1.82) is 0 Å². The number of carbonyl (C=O) groups excluding carboxylic acids is 1. The highest BCUT2D eigenvalue weighted by atomic mass is 16.5. The van der Waals surface area contributed by atoms with Crippen molar-refractivity contribution in [2.24, 2.45) is 0 Å². The number of aromatic hydroxyl groups is 1. The summed E-state index contributed by atoms with van der Waals surface area (Å²) in [5.41, 5.74) is 1.81. The lowest BCUT2D eigenvalue weighted by Crippen LogP contribution is -2.27. The molecule has 0 aromatic heterocycles. The number of hydrogen-bond donors (Lipinski definition) is 3. The quantitative estimate of drug-likeness (QED) is 0.284. The van der Waals surface area contributed by atoms with E-state index in [-0.39, 0.29) is 11.7 Å². The molecule has 0 radical (unpaired) electrons. The lowest BCUT2D eigenvalue weighted by atomic mass is 10.2. The second kappa shape index (κ2) is 9.82. The topological polar surface area (TPSA) is 70.6 Å². The molecule has 0 heterocycles. The third-order valence-electron chi connectivity index (χ3n) is 3.30. The third kappa shape index (κ3) is 6.83. The maximum Gasteiger partial charge on any atom is 0.244 e. The summed E-state index contributed by atoms with van der Waals surface area (Å²) in [5.74, 6) is 0.839. The Labute approximate surface area is 147 Å². The number of phenols is 1. The molecule has 5 heteroatoms. The van der Waals surface area contributed by atoms with Gasteiger partial charge in [-0.2, -0.15) is 0 Å². The predicted molar refractivity (Wildman–Crippen MR) is 101 cm³/mol. The molecule has 0 fully saturated rings. The van der Waals surface area contributed by atoms with Crippen molar-refractivity contribution in [3.8, 4) is 11.5 Å². The average Bonchev–Trinajstić information content (AvgIpc) is 2.64. The van der Waals surface area contributed by atoms with E-state index in [2.05, 4.69) is 17.2 Å². The van der Waals surface area contributed by atoms with Gasteiger partial charge in [-0.15, -0.1) is 0 Å². The van der Waals surface area contributed by atoms with Crippen LogP contribution in [0.4, 0.5) is 5.69 Å². The van der Waals surface area contributed by atoms with Crippen LogP contribution in [0.15, 0.2) is 67.3 Å². The third-order valence-corrected chi connectivity index (χ3v) is 3.30. The number of rotatable bonds is 9. The van der Waals surface area contributed by atoms with Crippen molar-refractivity contribution in [2.45, 2.75) is 0 Å². The van der Waals surface area contributed by atoms with E-state index in [4.69, 9.17) is 4.74 Å². The number of anilines is 1. The van der Waals surface area contributed by atoms with Gasteiger partial charge in [0.2, 0.25) is 5.91 Å². The first kappa shape index (κ1) is 18.1. The summed E-state index contributed by atoms with van der Waals surface area (Å²) in [7, 11) is 0. The van der Waals surface area contributed by atoms with Crippen molar-refractivity contribution in [1.82, 2.24) is 5.32 Å². The van der Waals surface area contributed by atoms with Crippen molar-refractivity contribution >= 4 is 17.7 Å². The molecule has 0 unspecified atom stereocenters. The van der Waals surface area contributed by atoms with Crippen LogP contribution in [0.5, 0.6) is 11.5 Å². The minimum Gasteiger partial charge on any atom is -0.508 e. The average molecular weight is 338 g/mol. The molecule has 2 rings (SSSR count). The summed E-state index contributed by atoms with van der Waals surface area (Å²) >= 11 is 0. The Balaban J connectivity index is 1.69. The predicted octanol–water partition coefficient (Wildman–Crippen LogP) is 3.20. The van der Waals surface area contributed by atoms with E-state index in [0.29, 0.717) is 19.7 Å². The zero-order valence-corrected chi connectivity index (χ0v) is 13.9. The molecule has 25 heavy (non-hydrogen) atoms. The summed E-state index contributed by atoms with van der Waals surface area (Å²) in [6.07, 6.45) is 4.94. The summed E-state index contributed by atoms with van der Waals surface area (Å²) in [5, 5.41) is 15.2. The molecule has 0 bridgehead atoms. The summed E-state index contributed by atoms with van der Waals surface area (Å²) in [6.45, 7) is 5.16. The fraction of sp³-hybridized carbons (Fsp3) is 0.150. The number of carbonyl (C=O) groups is 1. The maximum absolute atomic E-state index is 11.8. The van der Waals surface area contributed by atoms with Gasteiger partial charge in [-0.05, 0) is 48.0 Å². The molecule has 2 aromatic rings. The highest BCUT2D eigenvalue weighted by Crippen LogP contribution is 2.14. The second-order valence-electron chi connectivity index (χ2n) is 5.27. The van der Waals surface area contributed by atoms with Crippen molar-refractivity contribution in [3.05, 3.63) is 72.8 Å². The summed E-state index contributed by atoms with van der Waals surface area (Å²) in [4.78, 5) is 11.8. The molecule has 0 saturated carbocycles. The Morgan fingerprint density at radius 2 is 1.80 bits per heavy atom.